The molecule has 4 rings (SSSR count). The Morgan fingerprint density at radius 3 is 2.48 bits per heavy atom. The predicted octanol–water partition coefficient (Wildman–Crippen LogP) is 4.04. The van der Waals surface area contributed by atoms with Gasteiger partial charge in [-0.3, -0.25) is 4.99 Å². The van der Waals surface area contributed by atoms with Gasteiger partial charge in [0, 0.05) is 17.0 Å². The van der Waals surface area contributed by atoms with Gasteiger partial charge in [-0.25, -0.2) is 13.8 Å². The van der Waals surface area contributed by atoms with E-state index in [0.29, 0.717) is 22.4 Å². The molecule has 2 heterocycles. The number of rotatable bonds is 1. The van der Waals surface area contributed by atoms with Gasteiger partial charge >= 0.3 is 0 Å². The van der Waals surface area contributed by atoms with Crippen LogP contribution in [0.3, 0.4) is 0 Å². The molecule has 1 aliphatic heterocycles. The molecule has 1 aromatic heterocycles. The van der Waals surface area contributed by atoms with Crippen molar-refractivity contribution in [3.8, 4) is 0 Å². The highest BCUT2D eigenvalue weighted by Gasteiger charge is 2.37. The number of hydrogen-bond donors (Lipinski definition) is 0. The van der Waals surface area contributed by atoms with E-state index in [1.807, 2.05) is 26.8 Å². The molecule has 0 saturated carbocycles. The van der Waals surface area contributed by atoms with Crippen molar-refractivity contribution in [2.24, 2.45) is 4.99 Å². The van der Waals surface area contributed by atoms with E-state index in [0.717, 1.165) is 0 Å². The first-order valence-electron chi connectivity index (χ1n) is 8.06. The highest BCUT2D eigenvalue weighted by atomic mass is 19.1. The summed E-state index contributed by atoms with van der Waals surface area (Å²) in [4.78, 5) is 9.18. The summed E-state index contributed by atoms with van der Waals surface area (Å²) in [6.45, 7) is 5.85. The van der Waals surface area contributed by atoms with Crippen LogP contribution in [0.4, 0.5) is 8.78 Å². The Balaban J connectivity index is 1.97. The van der Waals surface area contributed by atoms with Gasteiger partial charge in [0.15, 0.2) is 5.82 Å². The van der Waals surface area contributed by atoms with Crippen LogP contribution in [0, 0.1) is 11.6 Å². The molecule has 0 amide bonds. The van der Waals surface area contributed by atoms with Crippen molar-refractivity contribution in [1.82, 2.24) is 15.2 Å². The van der Waals surface area contributed by atoms with E-state index >= 15 is 0 Å². The number of fused-ring (bicyclic) bond motifs is 2. The van der Waals surface area contributed by atoms with E-state index in [1.165, 1.54) is 12.1 Å². The molecule has 2 aromatic carbocycles. The van der Waals surface area contributed by atoms with Gasteiger partial charge in [-0.05, 0) is 32.0 Å². The molecular formula is C19H16F2N4. The van der Waals surface area contributed by atoms with E-state index in [2.05, 4.69) is 15.2 Å². The third-order valence-corrected chi connectivity index (χ3v) is 4.85. The second-order valence-corrected chi connectivity index (χ2v) is 6.78. The number of benzene rings is 2. The van der Waals surface area contributed by atoms with E-state index in [9.17, 15) is 8.78 Å². The fourth-order valence-electron chi connectivity index (χ4n) is 3.18. The smallest absolute Gasteiger partial charge is 0.201 e. The molecule has 0 N–H and O–H groups in total. The Kier molecular flexibility index (Phi) is 3.39. The average molecular weight is 338 g/mol. The Morgan fingerprint density at radius 2 is 1.68 bits per heavy atom. The van der Waals surface area contributed by atoms with Gasteiger partial charge in [-0.15, -0.1) is 10.2 Å². The summed E-state index contributed by atoms with van der Waals surface area (Å²) in [5.74, 6) is -0.580. The summed E-state index contributed by atoms with van der Waals surface area (Å²) in [5, 5.41) is 8.01. The van der Waals surface area contributed by atoms with Gasteiger partial charge in [0.1, 0.15) is 17.0 Å². The first-order valence-corrected chi connectivity index (χ1v) is 8.06. The fraction of sp³-hybridized carbons (Fsp3) is 0.263. The van der Waals surface area contributed by atoms with Crippen LogP contribution < -0.4 is 0 Å². The zero-order valence-corrected chi connectivity index (χ0v) is 14.1. The zero-order chi connectivity index (χ0) is 17.8. The first-order chi connectivity index (χ1) is 11.9. The fourth-order valence-corrected chi connectivity index (χ4v) is 3.18. The highest BCUT2D eigenvalue weighted by molar-refractivity contribution is 6.13. The molecule has 25 heavy (non-hydrogen) atoms. The molecule has 4 nitrogen and oxygen atoms in total. The quantitative estimate of drug-likeness (QED) is 0.673. The van der Waals surface area contributed by atoms with Gasteiger partial charge in [0.05, 0.1) is 11.1 Å². The Bertz CT molecular complexity index is 1030. The lowest BCUT2D eigenvalue weighted by atomic mass is 9.77. The summed E-state index contributed by atoms with van der Waals surface area (Å²) >= 11 is 0. The monoisotopic (exact) mass is 338 g/mol. The summed E-state index contributed by atoms with van der Waals surface area (Å²) in [6.07, 6.45) is 0. The standard InChI is InChI=1S/C19H16F2N4/c1-10-15-11(6-4-7-12(15)20)16(23-19(10,2)3)18-22-14-9-5-8-13(21)17(14)24-25-18/h4-10H,1-3H3. The average Bonchev–Trinajstić information content (AvgIpc) is 2.58. The van der Waals surface area contributed by atoms with Crippen molar-refractivity contribution >= 4 is 16.7 Å². The molecule has 0 aliphatic carbocycles. The molecular weight excluding hydrogens is 322 g/mol. The van der Waals surface area contributed by atoms with Crippen LogP contribution in [0.15, 0.2) is 41.4 Å². The minimum atomic E-state index is -0.523. The largest absolute Gasteiger partial charge is 0.274 e. The van der Waals surface area contributed by atoms with Gasteiger partial charge in [0.25, 0.3) is 0 Å². The van der Waals surface area contributed by atoms with Crippen LogP contribution in [0.2, 0.25) is 0 Å². The second kappa shape index (κ2) is 5.37. The van der Waals surface area contributed by atoms with E-state index < -0.39 is 11.4 Å². The lowest BCUT2D eigenvalue weighted by Gasteiger charge is -2.35. The summed E-state index contributed by atoms with van der Waals surface area (Å²) in [5.41, 5.74) is 1.71. The van der Waals surface area contributed by atoms with E-state index in [-0.39, 0.29) is 23.1 Å². The maximum atomic E-state index is 14.5. The van der Waals surface area contributed by atoms with Crippen LogP contribution >= 0.6 is 0 Å². The van der Waals surface area contributed by atoms with Gasteiger partial charge in [-0.2, -0.15) is 0 Å². The molecule has 1 unspecified atom stereocenters. The maximum Gasteiger partial charge on any atom is 0.201 e. The lowest BCUT2D eigenvalue weighted by molar-refractivity contribution is 0.417. The van der Waals surface area contributed by atoms with Crippen molar-refractivity contribution in [3.63, 3.8) is 0 Å². The minimum absolute atomic E-state index is 0.0988. The van der Waals surface area contributed by atoms with Crippen molar-refractivity contribution in [2.45, 2.75) is 32.2 Å². The van der Waals surface area contributed by atoms with Crippen molar-refractivity contribution in [1.29, 1.82) is 0 Å². The van der Waals surface area contributed by atoms with Crippen LogP contribution in [0.1, 0.15) is 43.6 Å². The number of nitrogens with zero attached hydrogens (tertiary/aromatic N) is 4. The van der Waals surface area contributed by atoms with Crippen LogP contribution in [-0.2, 0) is 0 Å². The van der Waals surface area contributed by atoms with Crippen LogP contribution in [0.5, 0.6) is 0 Å². The van der Waals surface area contributed by atoms with Crippen LogP contribution in [-0.4, -0.2) is 26.4 Å². The Morgan fingerprint density at radius 1 is 0.960 bits per heavy atom. The lowest BCUT2D eigenvalue weighted by Crippen LogP contribution is -2.34. The number of halogens is 2. The van der Waals surface area contributed by atoms with Crippen molar-refractivity contribution < 1.29 is 8.78 Å². The molecule has 0 spiro atoms. The molecule has 0 radical (unpaired) electrons. The van der Waals surface area contributed by atoms with E-state index in [4.69, 9.17) is 4.99 Å². The van der Waals surface area contributed by atoms with Crippen molar-refractivity contribution in [3.05, 3.63) is 65.0 Å². The molecule has 0 saturated heterocycles. The zero-order valence-electron chi connectivity index (χ0n) is 14.1. The summed E-state index contributed by atoms with van der Waals surface area (Å²) in [7, 11) is 0. The third-order valence-electron chi connectivity index (χ3n) is 4.85. The third kappa shape index (κ3) is 2.40. The molecule has 126 valence electrons. The topological polar surface area (TPSA) is 51.0 Å². The summed E-state index contributed by atoms with van der Waals surface area (Å²) in [6, 6.07) is 9.44. The maximum absolute atomic E-state index is 14.5. The van der Waals surface area contributed by atoms with Crippen molar-refractivity contribution in [2.75, 3.05) is 0 Å². The van der Waals surface area contributed by atoms with Crippen LogP contribution in [0.25, 0.3) is 11.0 Å². The van der Waals surface area contributed by atoms with Gasteiger partial charge in [-0.1, -0.05) is 25.1 Å². The SMILES string of the molecule is CC1c2c(F)cccc2C(c2nnc3c(F)cccc3n2)=NC1(C)C. The molecule has 0 fully saturated rings. The van der Waals surface area contributed by atoms with E-state index in [1.54, 1.807) is 18.2 Å². The first kappa shape index (κ1) is 15.7. The molecule has 0 bridgehead atoms. The predicted molar refractivity (Wildman–Crippen MR) is 91.8 cm³/mol. The van der Waals surface area contributed by atoms with Gasteiger partial charge < -0.3 is 0 Å². The molecule has 1 atom stereocenters. The minimum Gasteiger partial charge on any atom is -0.274 e. The molecule has 6 heteroatoms. The second-order valence-electron chi connectivity index (χ2n) is 6.78. The Labute approximate surface area is 143 Å². The highest BCUT2D eigenvalue weighted by Crippen LogP contribution is 2.39. The number of aromatic nitrogens is 3. The summed E-state index contributed by atoms with van der Waals surface area (Å²) < 4.78 is 28.3. The molecule has 3 aromatic rings. The normalized spacial score (nSPS) is 18.8. The van der Waals surface area contributed by atoms with Gasteiger partial charge in [0.2, 0.25) is 5.82 Å². The number of hydrogen-bond acceptors (Lipinski definition) is 4. The molecule has 1 aliphatic rings. The number of aliphatic imine (C=N–C) groups is 1. The Hall–Kier alpha value is -2.76.